The number of rotatable bonds is 63. The summed E-state index contributed by atoms with van der Waals surface area (Å²) in [6.07, 6.45) is 87.9. The summed E-state index contributed by atoms with van der Waals surface area (Å²) >= 11 is 0. The Bertz CT molecular complexity index is 1450. The minimum Gasteiger partial charge on any atom is -0.462 e. The second-order valence-electron chi connectivity index (χ2n) is 23.1. The third-order valence-corrected chi connectivity index (χ3v) is 15.2. The maximum atomic E-state index is 12.9. The van der Waals surface area contributed by atoms with Crippen molar-refractivity contribution in [2.75, 3.05) is 13.2 Å². The van der Waals surface area contributed by atoms with E-state index < -0.39 is 6.10 Å². The van der Waals surface area contributed by atoms with Crippen molar-refractivity contribution in [1.82, 2.24) is 0 Å². The number of hydrogen-bond acceptors (Lipinski definition) is 6. The van der Waals surface area contributed by atoms with Gasteiger partial charge in [-0.2, -0.15) is 0 Å². The maximum Gasteiger partial charge on any atom is 0.306 e. The van der Waals surface area contributed by atoms with E-state index in [1.165, 1.54) is 212 Å². The molecule has 0 rings (SSSR count). The van der Waals surface area contributed by atoms with E-state index in [0.717, 1.165) is 103 Å². The van der Waals surface area contributed by atoms with Gasteiger partial charge in [0.1, 0.15) is 13.2 Å². The quantitative estimate of drug-likeness (QED) is 0.0261. The molecule has 79 heavy (non-hydrogen) atoms. The van der Waals surface area contributed by atoms with E-state index in [4.69, 9.17) is 14.2 Å². The standard InChI is InChI=1S/C73H130O6/c1-4-7-10-13-16-19-22-25-28-31-33-34-35-36-37-38-39-41-42-45-48-51-54-57-60-63-66-72(75)78-69-70(68-77-71(74)65-62-59-56-53-50-47-44-30-27-24-21-18-15-12-9-6-3)79-73(76)67-64-61-58-55-52-49-46-43-40-32-29-26-23-20-17-14-11-8-5-2/h8,11,17,20,26,29-30,40,43-44,49,52,70H,4-7,9-10,12-16,18-19,21-25,27-28,31-39,41-42,45-48,50-51,53-69H2,1-3H3/b11-8-,20-17-,29-26-,43-40-,44-30-,52-49-. The Morgan fingerprint density at radius 2 is 0.494 bits per heavy atom. The van der Waals surface area contributed by atoms with Crippen LogP contribution in [0.25, 0.3) is 0 Å². The van der Waals surface area contributed by atoms with E-state index in [1.54, 1.807) is 0 Å². The summed E-state index contributed by atoms with van der Waals surface area (Å²) in [6.45, 7) is 6.54. The van der Waals surface area contributed by atoms with Crippen LogP contribution >= 0.6 is 0 Å². The van der Waals surface area contributed by atoms with E-state index in [-0.39, 0.29) is 31.1 Å². The van der Waals surface area contributed by atoms with Crippen LogP contribution in [0.5, 0.6) is 0 Å². The molecule has 0 N–H and O–H groups in total. The number of carbonyl (C=O) groups excluding carboxylic acids is 3. The normalized spacial score (nSPS) is 12.5. The molecule has 0 saturated carbocycles. The lowest BCUT2D eigenvalue weighted by molar-refractivity contribution is -0.167. The Labute approximate surface area is 491 Å². The largest absolute Gasteiger partial charge is 0.462 e. The summed E-state index contributed by atoms with van der Waals surface area (Å²) in [4.78, 5) is 38.4. The zero-order valence-electron chi connectivity index (χ0n) is 52.6. The van der Waals surface area contributed by atoms with Gasteiger partial charge in [-0.1, -0.05) is 318 Å². The van der Waals surface area contributed by atoms with Crippen molar-refractivity contribution in [1.29, 1.82) is 0 Å². The molecule has 0 amide bonds. The number of esters is 3. The lowest BCUT2D eigenvalue weighted by Crippen LogP contribution is -2.30. The first-order chi connectivity index (χ1) is 39.0. The van der Waals surface area contributed by atoms with Crippen LogP contribution in [0.4, 0.5) is 0 Å². The summed E-state index contributed by atoms with van der Waals surface area (Å²) in [5.74, 6) is -0.910. The van der Waals surface area contributed by atoms with Crippen molar-refractivity contribution in [3.05, 3.63) is 72.9 Å². The molecule has 0 aromatic carbocycles. The SMILES string of the molecule is CC/C=C\C/C=C\C/C=C\C/C=C\C/C=C\CCCCCC(=O)OC(COC(=O)CCCCCCC/C=C\CCCCCCCCC)COC(=O)CCCCCCCCCCCCCCCCCCCCCCCCCCCC. The van der Waals surface area contributed by atoms with Gasteiger partial charge in [0.05, 0.1) is 0 Å². The first-order valence-electron chi connectivity index (χ1n) is 34.4. The van der Waals surface area contributed by atoms with Gasteiger partial charge in [0.15, 0.2) is 6.10 Å². The highest BCUT2D eigenvalue weighted by atomic mass is 16.6. The first kappa shape index (κ1) is 75.8. The Balaban J connectivity index is 4.33. The number of unbranched alkanes of at least 4 members (excludes halogenated alkanes) is 40. The average molecular weight is 1100 g/mol. The van der Waals surface area contributed by atoms with Crippen molar-refractivity contribution in [2.45, 2.75) is 361 Å². The molecule has 0 aliphatic rings. The molecule has 6 heteroatoms. The van der Waals surface area contributed by atoms with Crippen LogP contribution in [0.3, 0.4) is 0 Å². The van der Waals surface area contributed by atoms with Crippen LogP contribution in [-0.2, 0) is 28.6 Å². The predicted octanol–water partition coefficient (Wildman–Crippen LogP) is 23.7. The maximum absolute atomic E-state index is 12.9. The van der Waals surface area contributed by atoms with Gasteiger partial charge in [0.25, 0.3) is 0 Å². The summed E-state index contributed by atoms with van der Waals surface area (Å²) < 4.78 is 16.9. The molecule has 0 radical (unpaired) electrons. The van der Waals surface area contributed by atoms with Gasteiger partial charge in [-0.15, -0.1) is 0 Å². The summed E-state index contributed by atoms with van der Waals surface area (Å²) in [7, 11) is 0. The Morgan fingerprint density at radius 3 is 0.797 bits per heavy atom. The van der Waals surface area contributed by atoms with Crippen LogP contribution in [0.15, 0.2) is 72.9 Å². The Kier molecular flexibility index (Phi) is 64.7. The fourth-order valence-electron chi connectivity index (χ4n) is 10.1. The average Bonchev–Trinajstić information content (AvgIpc) is 3.45. The summed E-state index contributed by atoms with van der Waals surface area (Å²) in [5.41, 5.74) is 0. The van der Waals surface area contributed by atoms with Gasteiger partial charge in [0, 0.05) is 19.3 Å². The number of carbonyl (C=O) groups is 3. The van der Waals surface area contributed by atoms with E-state index in [1.807, 2.05) is 0 Å². The van der Waals surface area contributed by atoms with Gasteiger partial charge in [-0.05, 0) is 89.9 Å². The van der Waals surface area contributed by atoms with E-state index in [0.29, 0.717) is 19.3 Å². The van der Waals surface area contributed by atoms with Crippen molar-refractivity contribution in [3.63, 3.8) is 0 Å². The van der Waals surface area contributed by atoms with E-state index in [9.17, 15) is 14.4 Å². The molecule has 1 atom stereocenters. The highest BCUT2D eigenvalue weighted by molar-refractivity contribution is 5.71. The summed E-state index contributed by atoms with van der Waals surface area (Å²) in [6, 6.07) is 0. The third-order valence-electron chi connectivity index (χ3n) is 15.2. The van der Waals surface area contributed by atoms with Gasteiger partial charge >= 0.3 is 17.9 Å². The molecule has 0 aromatic heterocycles. The number of ether oxygens (including phenoxy) is 3. The Hall–Kier alpha value is -3.15. The monoisotopic (exact) mass is 1100 g/mol. The third kappa shape index (κ3) is 65.5. The molecule has 0 aliphatic carbocycles. The van der Waals surface area contributed by atoms with Crippen molar-refractivity contribution in [2.24, 2.45) is 0 Å². The highest BCUT2D eigenvalue weighted by Gasteiger charge is 2.19. The van der Waals surface area contributed by atoms with Crippen molar-refractivity contribution >= 4 is 17.9 Å². The number of hydrogen-bond donors (Lipinski definition) is 0. The van der Waals surface area contributed by atoms with Crippen LogP contribution in [-0.4, -0.2) is 37.2 Å². The van der Waals surface area contributed by atoms with Crippen molar-refractivity contribution in [3.8, 4) is 0 Å². The molecule has 0 aliphatic heterocycles. The van der Waals surface area contributed by atoms with Gasteiger partial charge in [0.2, 0.25) is 0 Å². The van der Waals surface area contributed by atoms with Gasteiger partial charge in [-0.25, -0.2) is 0 Å². The van der Waals surface area contributed by atoms with Crippen LogP contribution in [0.2, 0.25) is 0 Å². The zero-order valence-corrected chi connectivity index (χ0v) is 52.6. The second-order valence-corrected chi connectivity index (χ2v) is 23.1. The fourth-order valence-corrected chi connectivity index (χ4v) is 10.1. The molecule has 1 unspecified atom stereocenters. The molecule has 0 fully saturated rings. The molecule has 0 bridgehead atoms. The smallest absolute Gasteiger partial charge is 0.306 e. The molecular formula is C73H130O6. The first-order valence-corrected chi connectivity index (χ1v) is 34.4. The second kappa shape index (κ2) is 67.4. The van der Waals surface area contributed by atoms with Gasteiger partial charge < -0.3 is 14.2 Å². The van der Waals surface area contributed by atoms with E-state index >= 15 is 0 Å². The van der Waals surface area contributed by atoms with Crippen molar-refractivity contribution < 1.29 is 28.6 Å². The molecule has 0 heterocycles. The lowest BCUT2D eigenvalue weighted by Gasteiger charge is -2.18. The minimum absolute atomic E-state index is 0.0884. The summed E-state index contributed by atoms with van der Waals surface area (Å²) in [5, 5.41) is 0. The molecule has 458 valence electrons. The topological polar surface area (TPSA) is 78.9 Å². The van der Waals surface area contributed by atoms with Crippen LogP contribution in [0, 0.1) is 0 Å². The zero-order chi connectivity index (χ0) is 57.1. The molecule has 6 nitrogen and oxygen atoms in total. The number of allylic oxidation sites excluding steroid dienone is 12. The van der Waals surface area contributed by atoms with Gasteiger partial charge in [-0.3, -0.25) is 14.4 Å². The Morgan fingerprint density at radius 1 is 0.266 bits per heavy atom. The van der Waals surface area contributed by atoms with Crippen LogP contribution < -0.4 is 0 Å². The molecule has 0 aromatic rings. The van der Waals surface area contributed by atoms with Crippen LogP contribution in [0.1, 0.15) is 355 Å². The highest BCUT2D eigenvalue weighted by Crippen LogP contribution is 2.18. The molecular weight excluding hydrogens is 973 g/mol. The predicted molar refractivity (Wildman–Crippen MR) is 344 cm³/mol. The minimum atomic E-state index is -0.797. The fraction of sp³-hybridized carbons (Fsp3) is 0.795. The lowest BCUT2D eigenvalue weighted by atomic mass is 10.0. The molecule has 0 spiro atoms. The molecule has 0 saturated heterocycles. The van der Waals surface area contributed by atoms with E-state index in [2.05, 4.69) is 93.7 Å².